The van der Waals surface area contributed by atoms with Crippen LogP contribution in [0.5, 0.6) is 0 Å². The van der Waals surface area contributed by atoms with Crippen molar-refractivity contribution in [3.8, 4) is 0 Å². The Morgan fingerprint density at radius 2 is 1.54 bits per heavy atom. The van der Waals surface area contributed by atoms with Gasteiger partial charge in [0.2, 0.25) is 29.9 Å². The number of nitrogens with zero attached hydrogens (tertiary/aromatic N) is 10. The first-order valence-electron chi connectivity index (χ1n) is 18.8. The molecule has 4 atom stereocenters. The first-order valence-corrected chi connectivity index (χ1v) is 18.8. The van der Waals surface area contributed by atoms with Crippen LogP contribution in [0, 0.1) is 0 Å². The van der Waals surface area contributed by atoms with Gasteiger partial charge in [0.1, 0.15) is 35.1 Å². The second-order valence-corrected chi connectivity index (χ2v) is 14.4. The van der Waals surface area contributed by atoms with Crippen LogP contribution in [0.2, 0.25) is 0 Å². The molecule has 0 amide bonds. The Hall–Kier alpha value is -7.57. The van der Waals surface area contributed by atoms with E-state index in [0.717, 1.165) is 22.8 Å². The molecule has 59 heavy (non-hydrogen) atoms. The average molecular weight is 797 g/mol. The van der Waals surface area contributed by atoms with E-state index >= 15 is 0 Å². The quantitative estimate of drug-likeness (QED) is 0.0811. The van der Waals surface area contributed by atoms with Gasteiger partial charge in [-0.05, 0) is 18.1 Å². The highest BCUT2D eigenvalue weighted by Crippen LogP contribution is 2.55. The van der Waals surface area contributed by atoms with Crippen LogP contribution in [0.3, 0.4) is 0 Å². The lowest BCUT2D eigenvalue weighted by Crippen LogP contribution is -2.42. The van der Waals surface area contributed by atoms with Crippen LogP contribution in [0.4, 0.5) is 30.6 Å². The van der Waals surface area contributed by atoms with Crippen LogP contribution in [-0.4, -0.2) is 54.8 Å². The van der Waals surface area contributed by atoms with Crippen molar-refractivity contribution in [3.05, 3.63) is 139 Å². The van der Waals surface area contributed by atoms with Gasteiger partial charge in [-0.25, -0.2) is 34.1 Å². The van der Waals surface area contributed by atoms with E-state index in [0.29, 0.717) is 40.4 Å². The number of aromatic amines is 3. The van der Waals surface area contributed by atoms with E-state index < -0.39 is 23.5 Å². The summed E-state index contributed by atoms with van der Waals surface area (Å²) in [5.74, 6) is 1.43. The third kappa shape index (κ3) is 6.55. The Labute approximate surface area is 332 Å². The zero-order valence-corrected chi connectivity index (χ0v) is 31.2. The van der Waals surface area contributed by atoms with Gasteiger partial charge in [-0.2, -0.15) is 13.2 Å². The summed E-state index contributed by atoms with van der Waals surface area (Å²) in [7, 11) is 0. The van der Waals surface area contributed by atoms with Crippen LogP contribution in [0.1, 0.15) is 53.9 Å². The summed E-state index contributed by atoms with van der Waals surface area (Å²) in [5.41, 5.74) is 4.09. The fourth-order valence-electron chi connectivity index (χ4n) is 7.75. The molecule has 0 saturated heterocycles. The first-order chi connectivity index (χ1) is 28.7. The lowest BCUT2D eigenvalue weighted by atomic mass is 10.0. The van der Waals surface area contributed by atoms with Gasteiger partial charge >= 0.3 is 6.18 Å². The number of hydrogen-bond acceptors (Lipinski definition) is 11. The highest BCUT2D eigenvalue weighted by molar-refractivity contribution is 5.86. The fraction of sp³-hybridized carbons (Fsp3) is 0.200. The molecule has 7 aromatic heterocycles. The molecule has 2 aromatic carbocycles. The number of nitrogens with one attached hydrogen (secondary N) is 6. The van der Waals surface area contributed by atoms with Crippen molar-refractivity contribution >= 4 is 50.8 Å². The third-order valence-corrected chi connectivity index (χ3v) is 10.8. The number of imidazole rings is 2. The van der Waals surface area contributed by atoms with Gasteiger partial charge in [0.05, 0.1) is 25.0 Å². The van der Waals surface area contributed by atoms with Gasteiger partial charge in [-0.15, -0.1) is 0 Å². The van der Waals surface area contributed by atoms with E-state index in [1.165, 1.54) is 19.0 Å². The molecule has 0 spiro atoms. The smallest absolute Gasteiger partial charge is 0.355 e. The molecule has 0 bridgehead atoms. The van der Waals surface area contributed by atoms with Crippen LogP contribution in [-0.2, 0) is 18.3 Å². The number of fused-ring (bicyclic) bond motifs is 3. The maximum absolute atomic E-state index is 14.2. The summed E-state index contributed by atoms with van der Waals surface area (Å²) in [4.78, 5) is 44.7. The van der Waals surface area contributed by atoms with Gasteiger partial charge in [0, 0.05) is 30.4 Å². The van der Waals surface area contributed by atoms with Gasteiger partial charge in [-0.3, -0.25) is 4.98 Å². The second-order valence-electron chi connectivity index (χ2n) is 14.4. The van der Waals surface area contributed by atoms with E-state index in [9.17, 15) is 13.2 Å². The molecule has 1 saturated carbocycles. The SMILES string of the molecule is C[C@@H](Nc1nc[n+](CC(Nc2nc[n+](C3CC3(Nc3ncnc4nc[nH]c34)c3ccccc3)c3nc[nH]c23)c2ccccc2)c2[nH]c(C(F)(F)F)cc12)c1cncnc1. The number of H-pyrrole nitrogens is 3. The fourth-order valence-corrected chi connectivity index (χ4v) is 7.75. The van der Waals surface area contributed by atoms with Crippen molar-refractivity contribution < 1.29 is 22.3 Å². The summed E-state index contributed by atoms with van der Waals surface area (Å²) in [6.45, 7) is 2.05. The van der Waals surface area contributed by atoms with E-state index in [-0.39, 0.29) is 35.5 Å². The number of anilines is 3. The molecule has 19 heteroatoms. The van der Waals surface area contributed by atoms with Crippen molar-refractivity contribution in [3.63, 3.8) is 0 Å². The average Bonchev–Trinajstić information content (AvgIpc) is 3.72. The Balaban J connectivity index is 0.996. The standard InChI is InChI=1S/C40H33F3N16/c1-23(25-14-44-17-45-15-25)54-33-27-12-29(40(41,42)43)56-37(27)58(21-52-33)16-28(24-8-4-2-5-9-24)55-35-32-38(51-19-47-32)59(22-53-35)30-13-39(30,26-10-6-3-7-11-26)57-36-31-34(48-18-46-31)49-20-50-36/h2-12,14-15,17-23,28,30H,13,16H2,1H3,(H4,46,47,48,49,50,51,54,55,56,57)/p+2/t23-,28?,30?,39?/m1/s1. The van der Waals surface area contributed by atoms with Gasteiger partial charge < -0.3 is 25.9 Å². The zero-order valence-electron chi connectivity index (χ0n) is 31.2. The molecular formula is C40H35F3N16+2. The summed E-state index contributed by atoms with van der Waals surface area (Å²) in [6.07, 6.45) is 8.81. The third-order valence-electron chi connectivity index (χ3n) is 10.8. The van der Waals surface area contributed by atoms with Crippen LogP contribution in [0.15, 0.2) is 117 Å². The Bertz CT molecular complexity index is 2920. The monoisotopic (exact) mass is 796 g/mol. The molecule has 9 aromatic rings. The van der Waals surface area contributed by atoms with Crippen molar-refractivity contribution in [1.82, 2.24) is 54.8 Å². The van der Waals surface area contributed by atoms with Gasteiger partial charge in [0.15, 0.2) is 29.0 Å². The second kappa shape index (κ2) is 14.1. The number of benzene rings is 2. The van der Waals surface area contributed by atoms with E-state index in [4.69, 9.17) is 9.97 Å². The predicted molar refractivity (Wildman–Crippen MR) is 209 cm³/mol. The lowest BCUT2D eigenvalue weighted by molar-refractivity contribution is -0.683. The summed E-state index contributed by atoms with van der Waals surface area (Å²) >= 11 is 0. The minimum absolute atomic E-state index is 0.106. The first kappa shape index (κ1) is 35.8. The van der Waals surface area contributed by atoms with Crippen molar-refractivity contribution in [2.45, 2.75) is 49.7 Å². The molecule has 1 aliphatic carbocycles. The van der Waals surface area contributed by atoms with Crippen LogP contribution in [0.25, 0.3) is 33.4 Å². The van der Waals surface area contributed by atoms with Gasteiger partial charge in [0.25, 0.3) is 5.65 Å². The zero-order chi connectivity index (χ0) is 40.1. The molecule has 294 valence electrons. The number of alkyl halides is 3. The number of aromatic nitrogens is 13. The van der Waals surface area contributed by atoms with Crippen LogP contribution < -0.4 is 25.1 Å². The molecular weight excluding hydrogens is 762 g/mol. The number of hydrogen-bond donors (Lipinski definition) is 6. The molecule has 1 aliphatic rings. The lowest BCUT2D eigenvalue weighted by Gasteiger charge is -2.21. The molecule has 0 aliphatic heterocycles. The predicted octanol–water partition coefficient (Wildman–Crippen LogP) is 5.86. The molecule has 3 unspecified atom stereocenters. The minimum atomic E-state index is -4.62. The van der Waals surface area contributed by atoms with E-state index in [2.05, 4.69) is 72.9 Å². The van der Waals surface area contributed by atoms with Crippen molar-refractivity contribution in [1.29, 1.82) is 0 Å². The molecule has 10 rings (SSSR count). The summed E-state index contributed by atoms with van der Waals surface area (Å²) in [5, 5.41) is 10.8. The molecule has 1 fully saturated rings. The molecule has 6 N–H and O–H groups in total. The van der Waals surface area contributed by atoms with Gasteiger partial charge in [-0.1, -0.05) is 75.6 Å². The number of halogens is 3. The normalized spacial score (nSPS) is 17.6. The molecule has 7 heterocycles. The highest BCUT2D eigenvalue weighted by atomic mass is 19.4. The van der Waals surface area contributed by atoms with E-state index in [1.807, 2.05) is 60.0 Å². The summed E-state index contributed by atoms with van der Waals surface area (Å²) in [6, 6.07) is 20.0. The van der Waals surface area contributed by atoms with Crippen LogP contribution >= 0.6 is 0 Å². The van der Waals surface area contributed by atoms with Crippen molar-refractivity contribution in [2.75, 3.05) is 16.0 Å². The highest BCUT2D eigenvalue weighted by Gasteiger charge is 2.60. The Kier molecular flexibility index (Phi) is 8.57. The molecule has 0 radical (unpaired) electrons. The summed E-state index contributed by atoms with van der Waals surface area (Å²) < 4.78 is 46.3. The maximum atomic E-state index is 14.2. The molecule has 16 nitrogen and oxygen atoms in total. The van der Waals surface area contributed by atoms with Crippen molar-refractivity contribution in [2.24, 2.45) is 0 Å². The largest absolute Gasteiger partial charge is 0.445 e. The Morgan fingerprint density at radius 3 is 2.34 bits per heavy atom. The topological polar surface area (TPSA) is 194 Å². The number of rotatable bonds is 12. The Morgan fingerprint density at radius 1 is 0.797 bits per heavy atom. The minimum Gasteiger partial charge on any atom is -0.355 e. The maximum Gasteiger partial charge on any atom is 0.445 e. The van der Waals surface area contributed by atoms with E-state index in [1.54, 1.807) is 35.9 Å².